The van der Waals surface area contributed by atoms with E-state index in [1.165, 1.54) is 38.7 Å². The van der Waals surface area contributed by atoms with Gasteiger partial charge in [0.15, 0.2) is 23.0 Å². The van der Waals surface area contributed by atoms with Gasteiger partial charge >= 0.3 is 11.9 Å². The van der Waals surface area contributed by atoms with Gasteiger partial charge in [0.25, 0.3) is 11.8 Å². The second kappa shape index (κ2) is 16.0. The van der Waals surface area contributed by atoms with Crippen molar-refractivity contribution in [2.24, 2.45) is 0 Å². The topological polar surface area (TPSA) is 165 Å². The molecule has 2 aliphatic rings. The number of methoxy groups -OCH3 is 1. The van der Waals surface area contributed by atoms with Gasteiger partial charge in [-0.2, -0.15) is 10.2 Å². The molecule has 2 fully saturated rings. The van der Waals surface area contributed by atoms with Crippen molar-refractivity contribution >= 4 is 34.8 Å². The quantitative estimate of drug-likeness (QED) is 0.196. The largest absolute Gasteiger partial charge is 0.476 e. The molecule has 0 saturated carbocycles. The van der Waals surface area contributed by atoms with Gasteiger partial charge in [0.1, 0.15) is 0 Å². The molecule has 0 atom stereocenters. The molecular weight excluding hydrogens is 726 g/mol. The van der Waals surface area contributed by atoms with E-state index in [1.807, 2.05) is 9.80 Å². The summed E-state index contributed by atoms with van der Waals surface area (Å²) < 4.78 is 36.4. The fourth-order valence-corrected chi connectivity index (χ4v) is 7.12. The average molecular weight is 765 g/mol. The minimum atomic E-state index is -1.42. The Morgan fingerprint density at radius 1 is 0.696 bits per heavy atom. The summed E-state index contributed by atoms with van der Waals surface area (Å²) >= 11 is 0. The smallest absolute Gasteiger partial charge is 0.359 e. The summed E-state index contributed by atoms with van der Waals surface area (Å²) in [6, 6.07) is 11.8. The van der Waals surface area contributed by atoms with Crippen LogP contribution in [0.1, 0.15) is 85.8 Å². The number of carbonyl (C=O) groups excluding carboxylic acids is 3. The van der Waals surface area contributed by atoms with Crippen LogP contribution in [-0.2, 0) is 4.74 Å². The molecular formula is C40H38F2N8O6. The SMILES string of the molecule is COC(=O)c1ncc(-c2cccc3c(C(=O)N4CCCCC4)cnn23)cc1F.Cc1c(-c2cccc3c(C(=O)N4CCCCC4)cnn23)cnc(C(=O)O)c1F. The lowest BCUT2D eigenvalue weighted by Crippen LogP contribution is -2.35. The van der Waals surface area contributed by atoms with Crippen molar-refractivity contribution in [1.82, 2.24) is 39.0 Å². The number of fused-ring (bicyclic) bond motifs is 2. The van der Waals surface area contributed by atoms with E-state index >= 15 is 0 Å². The number of ether oxygens (including phenoxy) is 1. The maximum Gasteiger partial charge on any atom is 0.359 e. The molecule has 14 nitrogen and oxygen atoms in total. The monoisotopic (exact) mass is 764 g/mol. The number of likely N-dealkylation sites (tertiary alicyclic amines) is 2. The molecule has 288 valence electrons. The zero-order valence-electron chi connectivity index (χ0n) is 30.7. The number of amides is 2. The summed E-state index contributed by atoms with van der Waals surface area (Å²) in [5, 5.41) is 17.7. The molecule has 2 saturated heterocycles. The Labute approximate surface area is 319 Å². The summed E-state index contributed by atoms with van der Waals surface area (Å²) in [7, 11) is 1.17. The molecule has 0 unspecified atom stereocenters. The van der Waals surface area contributed by atoms with Crippen LogP contribution in [0.3, 0.4) is 0 Å². The summed E-state index contributed by atoms with van der Waals surface area (Å²) in [4.78, 5) is 59.7. The molecule has 0 spiro atoms. The molecule has 0 radical (unpaired) electrons. The highest BCUT2D eigenvalue weighted by Crippen LogP contribution is 2.29. The molecule has 1 N–H and O–H groups in total. The number of aromatic carboxylic acids is 1. The Morgan fingerprint density at radius 2 is 1.21 bits per heavy atom. The van der Waals surface area contributed by atoms with E-state index in [-0.39, 0.29) is 23.1 Å². The average Bonchev–Trinajstić information content (AvgIpc) is 3.87. The molecule has 6 aromatic rings. The number of halogens is 2. The summed E-state index contributed by atoms with van der Waals surface area (Å²) in [5.74, 6) is -4.02. The van der Waals surface area contributed by atoms with Crippen LogP contribution in [0.2, 0.25) is 0 Å². The Balaban J connectivity index is 0.000000172. The molecule has 56 heavy (non-hydrogen) atoms. The highest BCUT2D eigenvalue weighted by atomic mass is 19.1. The molecule has 0 aromatic carbocycles. The second-order valence-corrected chi connectivity index (χ2v) is 13.5. The number of carboxylic acid groups (broad SMARTS) is 1. The molecule has 8 heterocycles. The third kappa shape index (κ3) is 7.17. The van der Waals surface area contributed by atoms with Gasteiger partial charge < -0.3 is 19.6 Å². The van der Waals surface area contributed by atoms with E-state index in [4.69, 9.17) is 5.11 Å². The maximum atomic E-state index is 14.4. The molecule has 6 aromatic heterocycles. The van der Waals surface area contributed by atoms with Gasteiger partial charge in [0, 0.05) is 49.7 Å². The van der Waals surface area contributed by atoms with Crippen LogP contribution in [0.4, 0.5) is 8.78 Å². The first kappa shape index (κ1) is 37.7. The van der Waals surface area contributed by atoms with Crippen LogP contribution in [-0.4, -0.2) is 101 Å². The number of carboxylic acids is 1. The number of aromatic nitrogens is 6. The predicted octanol–water partition coefficient (Wildman–Crippen LogP) is 6.12. The van der Waals surface area contributed by atoms with Crippen molar-refractivity contribution in [3.8, 4) is 22.5 Å². The van der Waals surface area contributed by atoms with Crippen LogP contribution < -0.4 is 0 Å². The van der Waals surface area contributed by atoms with E-state index < -0.39 is 29.3 Å². The first-order valence-electron chi connectivity index (χ1n) is 18.2. The fourth-order valence-electron chi connectivity index (χ4n) is 7.12. The van der Waals surface area contributed by atoms with Crippen LogP contribution >= 0.6 is 0 Å². The van der Waals surface area contributed by atoms with Gasteiger partial charge in [-0.05, 0) is 81.3 Å². The summed E-state index contributed by atoms with van der Waals surface area (Å²) in [5.41, 5.74) is 3.42. The molecule has 8 rings (SSSR count). The van der Waals surface area contributed by atoms with E-state index in [2.05, 4.69) is 24.9 Å². The van der Waals surface area contributed by atoms with Gasteiger partial charge in [-0.3, -0.25) is 9.59 Å². The number of nitrogens with zero attached hydrogens (tertiary/aromatic N) is 8. The lowest BCUT2D eigenvalue weighted by Gasteiger charge is -2.26. The van der Waals surface area contributed by atoms with Gasteiger partial charge in [0.05, 0.1) is 53.1 Å². The van der Waals surface area contributed by atoms with Crippen molar-refractivity contribution in [2.45, 2.75) is 45.4 Å². The van der Waals surface area contributed by atoms with Crippen molar-refractivity contribution in [3.63, 3.8) is 0 Å². The van der Waals surface area contributed by atoms with E-state index in [0.717, 1.165) is 64.7 Å². The number of rotatable bonds is 6. The van der Waals surface area contributed by atoms with Crippen molar-refractivity contribution in [1.29, 1.82) is 0 Å². The van der Waals surface area contributed by atoms with Crippen LogP contribution in [0.25, 0.3) is 33.5 Å². The molecule has 0 aliphatic carbocycles. The lowest BCUT2D eigenvalue weighted by atomic mass is 10.1. The number of piperidine rings is 2. The zero-order chi connectivity index (χ0) is 39.5. The fraction of sp³-hybridized carbons (Fsp3) is 0.300. The minimum Gasteiger partial charge on any atom is -0.476 e. The molecule has 2 amide bonds. The van der Waals surface area contributed by atoms with Crippen LogP contribution in [0.15, 0.2) is 67.3 Å². The summed E-state index contributed by atoms with van der Waals surface area (Å²) in [6.07, 6.45) is 12.1. The van der Waals surface area contributed by atoms with Gasteiger partial charge in [0.2, 0.25) is 0 Å². The third-order valence-electron chi connectivity index (χ3n) is 10.1. The Morgan fingerprint density at radius 3 is 1.73 bits per heavy atom. The Kier molecular flexibility index (Phi) is 10.8. The third-order valence-corrected chi connectivity index (χ3v) is 10.1. The van der Waals surface area contributed by atoms with Gasteiger partial charge in [-0.1, -0.05) is 12.1 Å². The van der Waals surface area contributed by atoms with Gasteiger partial charge in [-0.25, -0.2) is 37.4 Å². The Bertz CT molecular complexity index is 2490. The van der Waals surface area contributed by atoms with Crippen LogP contribution in [0.5, 0.6) is 0 Å². The lowest BCUT2D eigenvalue weighted by molar-refractivity contribution is 0.0586. The van der Waals surface area contributed by atoms with Crippen LogP contribution in [0, 0.1) is 18.6 Å². The van der Waals surface area contributed by atoms with Gasteiger partial charge in [-0.15, -0.1) is 0 Å². The number of hydrogen-bond donors (Lipinski definition) is 1. The normalized spacial score (nSPS) is 14.4. The highest BCUT2D eigenvalue weighted by Gasteiger charge is 2.25. The standard InChI is InChI=1S/2C20H19FN4O3/c1-28-20(27)18-15(21)10-13(11-22-18)16-6-5-7-17-14(12-23-25(16)17)19(26)24-8-3-2-4-9-24;1-12-13(10-22-18(17(12)21)20(27)28)15-6-5-7-16-14(11-23-25(15)16)19(26)24-8-3-2-4-9-24/h5-7,10-12H,2-4,8-9H2,1H3;5-7,10-11H,2-4,8-9H2,1H3,(H,27,28). The highest BCUT2D eigenvalue weighted by molar-refractivity contribution is 6.02. The maximum absolute atomic E-state index is 14.4. The van der Waals surface area contributed by atoms with Crippen molar-refractivity contribution in [3.05, 3.63) is 107 Å². The predicted molar refractivity (Wildman–Crippen MR) is 199 cm³/mol. The number of pyridine rings is 4. The Hall–Kier alpha value is -6.58. The first-order valence-corrected chi connectivity index (χ1v) is 18.2. The number of carbonyl (C=O) groups is 4. The van der Waals surface area contributed by atoms with E-state index in [1.54, 1.807) is 51.6 Å². The van der Waals surface area contributed by atoms with E-state index in [9.17, 15) is 28.0 Å². The second-order valence-electron chi connectivity index (χ2n) is 13.5. The molecule has 16 heteroatoms. The first-order chi connectivity index (χ1) is 27.1. The zero-order valence-corrected chi connectivity index (χ0v) is 30.7. The number of esters is 1. The minimum absolute atomic E-state index is 0.0443. The van der Waals surface area contributed by atoms with Crippen molar-refractivity contribution in [2.75, 3.05) is 33.3 Å². The molecule has 0 bridgehead atoms. The summed E-state index contributed by atoms with van der Waals surface area (Å²) in [6.45, 7) is 4.47. The van der Waals surface area contributed by atoms with E-state index in [0.29, 0.717) is 44.7 Å². The molecule has 2 aliphatic heterocycles. The number of hydrogen-bond acceptors (Lipinski definition) is 9. The van der Waals surface area contributed by atoms with Crippen molar-refractivity contribution < 1.29 is 37.8 Å².